The molecule has 0 aliphatic rings. The van der Waals surface area contributed by atoms with Crippen LogP contribution in [0.1, 0.15) is 30.7 Å². The molecule has 9 heteroatoms. The fraction of sp³-hybridized carbons (Fsp3) is 0.227. The maximum atomic E-state index is 13.7. The SMILES string of the molecule is C[C-]=C(C(C)=[N-])c1cc2c(C(F)(F)F)cc(=O)n(Cc3ccccn3)c2cc1OC.[U+2]. The number of pyridine rings is 2. The van der Waals surface area contributed by atoms with Gasteiger partial charge in [0.05, 0.1) is 36.2 Å². The second-order valence-corrected chi connectivity index (χ2v) is 6.58. The molecule has 0 atom stereocenters. The largest absolute Gasteiger partial charge is 2.00 e. The Kier molecular flexibility index (Phi) is 7.90. The van der Waals surface area contributed by atoms with Crippen LogP contribution in [0.15, 0.2) is 47.4 Å². The number of benzene rings is 1. The average molecular weight is 651 g/mol. The third-order valence-corrected chi connectivity index (χ3v) is 4.67. The summed E-state index contributed by atoms with van der Waals surface area (Å²) in [4.78, 5) is 16.8. The van der Waals surface area contributed by atoms with Crippen molar-refractivity contribution in [1.82, 2.24) is 9.55 Å². The van der Waals surface area contributed by atoms with E-state index in [0.29, 0.717) is 11.8 Å². The van der Waals surface area contributed by atoms with E-state index in [1.807, 2.05) is 0 Å². The molecule has 0 aliphatic heterocycles. The summed E-state index contributed by atoms with van der Waals surface area (Å²) in [6.45, 7) is 2.93. The first-order chi connectivity index (χ1) is 14.2. The number of nitrogens with zero attached hydrogens (tertiary/aromatic N) is 3. The summed E-state index contributed by atoms with van der Waals surface area (Å²) in [5.74, 6) is 0.203. The maximum absolute atomic E-state index is 13.7. The van der Waals surface area contributed by atoms with E-state index in [-0.39, 0.29) is 71.2 Å². The minimum atomic E-state index is -4.74. The quantitative estimate of drug-likeness (QED) is 0.297. The normalized spacial score (nSPS) is 11.9. The van der Waals surface area contributed by atoms with Gasteiger partial charge in [0.2, 0.25) is 0 Å². The van der Waals surface area contributed by atoms with Crippen LogP contribution in [0, 0.1) is 37.2 Å². The van der Waals surface area contributed by atoms with Crippen LogP contribution in [0.25, 0.3) is 21.9 Å². The van der Waals surface area contributed by atoms with Crippen molar-refractivity contribution in [2.45, 2.75) is 26.6 Å². The molecule has 0 amide bonds. The van der Waals surface area contributed by atoms with Gasteiger partial charge in [-0.1, -0.05) is 24.6 Å². The zero-order chi connectivity index (χ0) is 22.1. The van der Waals surface area contributed by atoms with Gasteiger partial charge in [-0.3, -0.25) is 15.5 Å². The topological polar surface area (TPSA) is 66.4 Å². The summed E-state index contributed by atoms with van der Waals surface area (Å²) < 4.78 is 47.8. The van der Waals surface area contributed by atoms with Gasteiger partial charge in [0.1, 0.15) is 0 Å². The average Bonchev–Trinajstić information content (AvgIpc) is 2.69. The minimum Gasteiger partial charge on any atom is -0.876 e. The van der Waals surface area contributed by atoms with E-state index in [4.69, 9.17) is 4.74 Å². The second kappa shape index (κ2) is 9.84. The van der Waals surface area contributed by atoms with Crippen molar-refractivity contribution in [3.8, 4) is 5.75 Å². The first-order valence-electron chi connectivity index (χ1n) is 8.98. The van der Waals surface area contributed by atoms with Crippen LogP contribution in [0.3, 0.4) is 0 Å². The number of alkyl halides is 3. The number of halogens is 3. The molecule has 31 heavy (non-hydrogen) atoms. The fourth-order valence-corrected chi connectivity index (χ4v) is 3.33. The third-order valence-electron chi connectivity index (χ3n) is 4.67. The zero-order valence-electron chi connectivity index (χ0n) is 17.0. The van der Waals surface area contributed by atoms with Gasteiger partial charge < -0.3 is 14.7 Å². The number of aromatic nitrogens is 2. The van der Waals surface area contributed by atoms with E-state index in [9.17, 15) is 23.4 Å². The molecule has 0 radical (unpaired) electrons. The van der Waals surface area contributed by atoms with Crippen molar-refractivity contribution in [2.75, 3.05) is 7.11 Å². The summed E-state index contributed by atoms with van der Waals surface area (Å²) in [5.41, 5.74) is -0.971. The van der Waals surface area contributed by atoms with Crippen LogP contribution in [0.5, 0.6) is 5.75 Å². The molecule has 0 aliphatic carbocycles. The fourth-order valence-electron chi connectivity index (χ4n) is 3.33. The third kappa shape index (κ3) is 5.11. The number of fused-ring (bicyclic) bond motifs is 1. The Hall–Kier alpha value is -2.37. The van der Waals surface area contributed by atoms with Crippen molar-refractivity contribution in [3.05, 3.63) is 81.3 Å². The summed E-state index contributed by atoms with van der Waals surface area (Å²) in [6.07, 6.45) is -0.433. The summed E-state index contributed by atoms with van der Waals surface area (Å²) in [6, 6.07) is 8.32. The molecule has 0 spiro atoms. The molecule has 0 N–H and O–H groups in total. The minimum absolute atomic E-state index is 0. The molecular formula is C22H18F3N3O2U. The van der Waals surface area contributed by atoms with Gasteiger partial charge in [-0.2, -0.15) is 13.2 Å². The number of allylic oxidation sites excluding steroid dienone is 2. The van der Waals surface area contributed by atoms with Crippen LogP contribution >= 0.6 is 0 Å². The van der Waals surface area contributed by atoms with E-state index in [1.54, 1.807) is 24.4 Å². The number of hydrogen-bond acceptors (Lipinski definition) is 3. The first-order valence-corrected chi connectivity index (χ1v) is 8.98. The van der Waals surface area contributed by atoms with E-state index >= 15 is 0 Å². The first kappa shape index (κ1) is 24.9. The number of ether oxygens (including phenoxy) is 1. The van der Waals surface area contributed by atoms with Crippen LogP contribution in [0.2, 0.25) is 0 Å². The van der Waals surface area contributed by atoms with Crippen molar-refractivity contribution >= 4 is 22.2 Å². The molecule has 3 rings (SSSR count). The molecule has 5 nitrogen and oxygen atoms in total. The predicted molar refractivity (Wildman–Crippen MR) is 109 cm³/mol. The number of rotatable bonds is 5. The molecule has 0 saturated carbocycles. The molecule has 1 aromatic carbocycles. The Balaban J connectivity index is 0.00000341. The molecular weight excluding hydrogens is 633 g/mol. The molecule has 0 bridgehead atoms. The molecule has 0 unspecified atom stereocenters. The molecule has 158 valence electrons. The predicted octanol–water partition coefficient (Wildman–Crippen LogP) is 4.71. The molecule has 2 aromatic heterocycles. The summed E-state index contributed by atoms with van der Waals surface area (Å²) in [7, 11) is 1.36. The van der Waals surface area contributed by atoms with E-state index in [1.165, 1.54) is 37.7 Å². The van der Waals surface area contributed by atoms with Gasteiger partial charge in [-0.05, 0) is 23.6 Å². The van der Waals surface area contributed by atoms with Gasteiger partial charge in [0, 0.05) is 12.3 Å². The molecule has 2 heterocycles. The van der Waals surface area contributed by atoms with Gasteiger partial charge in [0.25, 0.3) is 5.56 Å². The smallest absolute Gasteiger partial charge is 0.876 e. The van der Waals surface area contributed by atoms with Crippen LogP contribution in [-0.4, -0.2) is 22.4 Å². The number of hydrogen-bond donors (Lipinski definition) is 0. The Morgan fingerprint density at radius 3 is 2.48 bits per heavy atom. The van der Waals surface area contributed by atoms with E-state index in [0.717, 1.165) is 0 Å². The summed E-state index contributed by atoms with van der Waals surface area (Å²) in [5, 5.41) is 9.76. The van der Waals surface area contributed by atoms with Gasteiger partial charge in [-0.15, -0.1) is 6.92 Å². The van der Waals surface area contributed by atoms with Gasteiger partial charge in [0.15, 0.2) is 0 Å². The van der Waals surface area contributed by atoms with Crippen LogP contribution in [-0.2, 0) is 12.7 Å². The second-order valence-electron chi connectivity index (χ2n) is 6.58. The molecule has 0 saturated heterocycles. The van der Waals surface area contributed by atoms with Crippen molar-refractivity contribution in [2.24, 2.45) is 0 Å². The Bertz CT molecular complexity index is 1200. The van der Waals surface area contributed by atoms with Crippen molar-refractivity contribution < 1.29 is 49.0 Å². The van der Waals surface area contributed by atoms with E-state index in [2.05, 4.69) is 11.1 Å². The number of methoxy groups -OCH3 is 1. The standard InChI is InChI=1S/C22H18F3N3O2.U/c1-4-15(13(2)26)16-9-17-18(22(23,24)25)10-21(29)28(19(17)11-20(16)30-3)12-14-7-5-6-8-27-14;/h5-11H,12H2,1-3H3;/q-2;+2. The van der Waals surface area contributed by atoms with Gasteiger partial charge >= 0.3 is 37.3 Å². The monoisotopic (exact) mass is 651 g/mol. The van der Waals surface area contributed by atoms with Crippen LogP contribution in [0.4, 0.5) is 13.2 Å². The molecule has 3 aromatic rings. The Labute approximate surface area is 200 Å². The maximum Gasteiger partial charge on any atom is 2.00 e. The Morgan fingerprint density at radius 2 is 1.97 bits per heavy atom. The Morgan fingerprint density at radius 1 is 1.26 bits per heavy atom. The zero-order valence-corrected chi connectivity index (χ0v) is 21.2. The van der Waals surface area contributed by atoms with E-state index < -0.39 is 17.3 Å². The van der Waals surface area contributed by atoms with Crippen molar-refractivity contribution in [1.29, 1.82) is 0 Å². The van der Waals surface area contributed by atoms with Crippen molar-refractivity contribution in [3.63, 3.8) is 0 Å². The van der Waals surface area contributed by atoms with Crippen LogP contribution < -0.4 is 10.3 Å². The summed E-state index contributed by atoms with van der Waals surface area (Å²) >= 11 is 0. The van der Waals surface area contributed by atoms with Gasteiger partial charge in [-0.25, -0.2) is 11.6 Å². The molecule has 0 fully saturated rings.